The molecule has 5 nitrogen and oxygen atoms in total. The summed E-state index contributed by atoms with van der Waals surface area (Å²) in [5.74, 6) is -0.945. The zero-order valence-corrected chi connectivity index (χ0v) is 13.5. The normalized spacial score (nSPS) is 23.5. The lowest BCUT2D eigenvalue weighted by Crippen LogP contribution is -2.43. The third-order valence-electron chi connectivity index (χ3n) is 4.27. The second kappa shape index (κ2) is 5.77. The molecule has 6 heteroatoms. The minimum absolute atomic E-state index is 0.257. The zero-order valence-electron chi connectivity index (χ0n) is 11.9. The monoisotopic (exact) mass is 351 g/mol. The molecule has 2 aromatic heterocycles. The Kier molecular flexibility index (Phi) is 3.99. The minimum atomic E-state index is -0.687. The van der Waals surface area contributed by atoms with Crippen LogP contribution < -0.4 is 0 Å². The summed E-state index contributed by atoms with van der Waals surface area (Å²) in [6, 6.07) is 4.34. The summed E-state index contributed by atoms with van der Waals surface area (Å²) < 4.78 is 3.06. The molecular formula is C15H18BrN3O2. The van der Waals surface area contributed by atoms with Crippen molar-refractivity contribution in [3.8, 4) is 0 Å². The molecule has 0 saturated carbocycles. The zero-order chi connectivity index (χ0) is 15.0. The summed E-state index contributed by atoms with van der Waals surface area (Å²) in [6.07, 6.45) is 5.57. The van der Waals surface area contributed by atoms with E-state index in [1.54, 1.807) is 0 Å². The Morgan fingerprint density at radius 2 is 2.29 bits per heavy atom. The van der Waals surface area contributed by atoms with E-state index >= 15 is 0 Å². The highest BCUT2D eigenvalue weighted by Crippen LogP contribution is 2.24. The lowest BCUT2D eigenvalue weighted by Gasteiger charge is -2.36. The SMILES string of the molecule is CC1CCC(C(=O)O)CN1Cc1cnc2ccc(Br)cn12. The lowest BCUT2D eigenvalue weighted by molar-refractivity contribution is -0.144. The smallest absolute Gasteiger partial charge is 0.307 e. The summed E-state index contributed by atoms with van der Waals surface area (Å²) in [7, 11) is 0. The number of halogens is 1. The number of carbonyl (C=O) groups is 1. The first kappa shape index (κ1) is 14.5. The van der Waals surface area contributed by atoms with E-state index in [-0.39, 0.29) is 5.92 Å². The second-order valence-electron chi connectivity index (χ2n) is 5.72. The van der Waals surface area contributed by atoms with E-state index < -0.39 is 5.97 Å². The van der Waals surface area contributed by atoms with Gasteiger partial charge in [-0.15, -0.1) is 0 Å². The Labute approximate surface area is 131 Å². The predicted molar refractivity (Wildman–Crippen MR) is 83.1 cm³/mol. The molecule has 21 heavy (non-hydrogen) atoms. The average Bonchev–Trinajstić information content (AvgIpc) is 2.83. The Hall–Kier alpha value is -1.40. The molecule has 0 aromatic carbocycles. The average molecular weight is 352 g/mol. The fraction of sp³-hybridized carbons (Fsp3) is 0.467. The standard InChI is InChI=1S/C15H18BrN3O2/c1-10-2-3-11(15(20)21)7-18(10)9-13-6-17-14-5-4-12(16)8-19(13)14/h4-6,8,10-11H,2-3,7,9H2,1H3,(H,20,21). The Morgan fingerprint density at radius 3 is 3.05 bits per heavy atom. The number of carboxylic acid groups (broad SMARTS) is 1. The quantitative estimate of drug-likeness (QED) is 0.923. The first-order valence-corrected chi connectivity index (χ1v) is 7.92. The number of fused-ring (bicyclic) bond motifs is 1. The number of nitrogens with zero attached hydrogens (tertiary/aromatic N) is 3. The number of aliphatic carboxylic acids is 1. The molecule has 0 spiro atoms. The summed E-state index contributed by atoms with van der Waals surface area (Å²) in [5.41, 5.74) is 2.00. The highest BCUT2D eigenvalue weighted by atomic mass is 79.9. The third kappa shape index (κ3) is 2.96. The van der Waals surface area contributed by atoms with E-state index in [1.165, 1.54) is 0 Å². The summed E-state index contributed by atoms with van der Waals surface area (Å²) in [5, 5.41) is 9.23. The van der Waals surface area contributed by atoms with Crippen molar-refractivity contribution in [2.45, 2.75) is 32.4 Å². The molecule has 112 valence electrons. The van der Waals surface area contributed by atoms with Gasteiger partial charge in [0.05, 0.1) is 17.8 Å². The van der Waals surface area contributed by atoms with Gasteiger partial charge >= 0.3 is 5.97 Å². The molecule has 3 rings (SSSR count). The molecule has 0 aliphatic carbocycles. The van der Waals surface area contributed by atoms with Gasteiger partial charge in [-0.25, -0.2) is 4.98 Å². The van der Waals surface area contributed by atoms with Gasteiger partial charge in [0.1, 0.15) is 5.65 Å². The Balaban J connectivity index is 1.83. The van der Waals surface area contributed by atoms with E-state index in [0.29, 0.717) is 12.6 Å². The maximum atomic E-state index is 11.2. The van der Waals surface area contributed by atoms with Crippen LogP contribution in [-0.4, -0.2) is 37.9 Å². The molecule has 1 saturated heterocycles. The fourth-order valence-corrected chi connectivity index (χ4v) is 3.27. The number of imidazole rings is 1. The van der Waals surface area contributed by atoms with E-state index in [4.69, 9.17) is 0 Å². The maximum Gasteiger partial charge on any atom is 0.307 e. The number of rotatable bonds is 3. The highest BCUT2D eigenvalue weighted by molar-refractivity contribution is 9.10. The lowest BCUT2D eigenvalue weighted by atomic mass is 9.93. The van der Waals surface area contributed by atoms with Crippen molar-refractivity contribution in [1.29, 1.82) is 0 Å². The second-order valence-corrected chi connectivity index (χ2v) is 6.63. The van der Waals surface area contributed by atoms with Crippen molar-refractivity contribution in [3.63, 3.8) is 0 Å². The van der Waals surface area contributed by atoms with E-state index in [0.717, 1.165) is 35.2 Å². The molecule has 0 amide bonds. The summed E-state index contributed by atoms with van der Waals surface area (Å²) >= 11 is 3.48. The minimum Gasteiger partial charge on any atom is -0.481 e. The van der Waals surface area contributed by atoms with Crippen molar-refractivity contribution >= 4 is 27.5 Å². The van der Waals surface area contributed by atoms with Crippen LogP contribution in [0.15, 0.2) is 29.0 Å². The molecule has 2 atom stereocenters. The topological polar surface area (TPSA) is 57.8 Å². The van der Waals surface area contributed by atoms with Crippen LogP contribution in [0.1, 0.15) is 25.5 Å². The van der Waals surface area contributed by atoms with Gasteiger partial charge in [0.15, 0.2) is 0 Å². The van der Waals surface area contributed by atoms with Gasteiger partial charge in [-0.3, -0.25) is 9.69 Å². The first-order chi connectivity index (χ1) is 10.0. The molecule has 2 unspecified atom stereocenters. The third-order valence-corrected chi connectivity index (χ3v) is 4.74. The molecule has 3 heterocycles. The van der Waals surface area contributed by atoms with Crippen molar-refractivity contribution < 1.29 is 9.90 Å². The van der Waals surface area contributed by atoms with Crippen LogP contribution in [0.5, 0.6) is 0 Å². The van der Waals surface area contributed by atoms with E-state index in [2.05, 4.69) is 37.1 Å². The molecule has 1 N–H and O–H groups in total. The number of carboxylic acids is 1. The van der Waals surface area contributed by atoms with Crippen LogP contribution in [0.2, 0.25) is 0 Å². The summed E-state index contributed by atoms with van der Waals surface area (Å²) in [6.45, 7) is 3.50. The molecule has 1 aliphatic heterocycles. The number of pyridine rings is 1. The largest absolute Gasteiger partial charge is 0.481 e. The molecule has 0 bridgehead atoms. The highest BCUT2D eigenvalue weighted by Gasteiger charge is 2.30. The Morgan fingerprint density at radius 1 is 1.48 bits per heavy atom. The van der Waals surface area contributed by atoms with Crippen molar-refractivity contribution in [1.82, 2.24) is 14.3 Å². The Bertz CT molecular complexity index is 670. The predicted octanol–water partition coefficient (Wildman–Crippen LogP) is 2.78. The number of likely N-dealkylation sites (tertiary alicyclic amines) is 1. The number of piperidine rings is 1. The van der Waals surface area contributed by atoms with Crippen LogP contribution >= 0.6 is 15.9 Å². The summed E-state index contributed by atoms with van der Waals surface area (Å²) in [4.78, 5) is 17.9. The van der Waals surface area contributed by atoms with Crippen LogP contribution in [0.4, 0.5) is 0 Å². The van der Waals surface area contributed by atoms with Crippen LogP contribution in [0.25, 0.3) is 5.65 Å². The molecule has 0 radical (unpaired) electrons. The number of hydrogen-bond acceptors (Lipinski definition) is 3. The first-order valence-electron chi connectivity index (χ1n) is 7.13. The fourth-order valence-electron chi connectivity index (χ4n) is 2.93. The van der Waals surface area contributed by atoms with Crippen LogP contribution in [0.3, 0.4) is 0 Å². The maximum absolute atomic E-state index is 11.2. The number of hydrogen-bond donors (Lipinski definition) is 1. The van der Waals surface area contributed by atoms with Crippen molar-refractivity contribution in [2.24, 2.45) is 5.92 Å². The molecular weight excluding hydrogens is 334 g/mol. The van der Waals surface area contributed by atoms with E-state index in [9.17, 15) is 9.90 Å². The van der Waals surface area contributed by atoms with Crippen LogP contribution in [-0.2, 0) is 11.3 Å². The van der Waals surface area contributed by atoms with Gasteiger partial charge in [0, 0.05) is 29.8 Å². The van der Waals surface area contributed by atoms with Gasteiger partial charge < -0.3 is 9.51 Å². The molecule has 2 aromatic rings. The van der Waals surface area contributed by atoms with Gasteiger partial charge in [-0.05, 0) is 47.8 Å². The van der Waals surface area contributed by atoms with Crippen molar-refractivity contribution in [2.75, 3.05) is 6.54 Å². The van der Waals surface area contributed by atoms with E-state index in [1.807, 2.05) is 24.5 Å². The van der Waals surface area contributed by atoms with Gasteiger partial charge in [-0.2, -0.15) is 0 Å². The number of aromatic nitrogens is 2. The molecule has 1 aliphatic rings. The van der Waals surface area contributed by atoms with Crippen molar-refractivity contribution in [3.05, 3.63) is 34.7 Å². The van der Waals surface area contributed by atoms with Gasteiger partial charge in [0.25, 0.3) is 0 Å². The van der Waals surface area contributed by atoms with Crippen LogP contribution in [0, 0.1) is 5.92 Å². The van der Waals surface area contributed by atoms with Gasteiger partial charge in [0.2, 0.25) is 0 Å². The molecule has 1 fully saturated rings. The van der Waals surface area contributed by atoms with Gasteiger partial charge in [-0.1, -0.05) is 0 Å².